The van der Waals surface area contributed by atoms with Crippen LogP contribution in [0.4, 0.5) is 5.69 Å². The Bertz CT molecular complexity index is 875. The van der Waals surface area contributed by atoms with Gasteiger partial charge < -0.3 is 9.80 Å². The molecular formula is C23H27Cl2N2OS+. The van der Waals surface area contributed by atoms with Crippen LogP contribution in [0.1, 0.15) is 24.0 Å². The zero-order valence-corrected chi connectivity index (χ0v) is 19.2. The summed E-state index contributed by atoms with van der Waals surface area (Å²) in [7, 11) is 4.65. The standard InChI is InChI=1S/C23H26Cl2N2OS/c1-27(2,20-11-13-29-14-12-20)16-18-3-7-19(8-4-18)26-23(28)10-6-17-5-9-21(24)22(25)15-17/h3-10,15,20H,11-14,16H2,1-2H3/p+1. The van der Waals surface area contributed by atoms with Crippen molar-refractivity contribution in [2.45, 2.75) is 25.4 Å². The minimum absolute atomic E-state index is 0.181. The summed E-state index contributed by atoms with van der Waals surface area (Å²) in [4.78, 5) is 12.2. The molecule has 0 aromatic heterocycles. The Labute approximate surface area is 187 Å². The molecule has 3 rings (SSSR count). The van der Waals surface area contributed by atoms with Gasteiger partial charge in [-0.15, -0.1) is 0 Å². The number of thioether (sulfide) groups is 1. The predicted molar refractivity (Wildman–Crippen MR) is 127 cm³/mol. The van der Waals surface area contributed by atoms with Gasteiger partial charge in [-0.2, -0.15) is 11.8 Å². The van der Waals surface area contributed by atoms with Crippen LogP contribution in [0.15, 0.2) is 48.5 Å². The number of carbonyl (C=O) groups excluding carboxylic acids is 1. The van der Waals surface area contributed by atoms with Crippen LogP contribution >= 0.6 is 35.0 Å². The smallest absolute Gasteiger partial charge is 0.248 e. The zero-order valence-electron chi connectivity index (χ0n) is 16.8. The Morgan fingerprint density at radius 3 is 2.45 bits per heavy atom. The van der Waals surface area contributed by atoms with E-state index < -0.39 is 0 Å². The van der Waals surface area contributed by atoms with Gasteiger partial charge in [0.15, 0.2) is 0 Å². The number of benzene rings is 2. The average Bonchev–Trinajstić information content (AvgIpc) is 2.71. The fraction of sp³-hybridized carbons (Fsp3) is 0.348. The van der Waals surface area contributed by atoms with Crippen molar-refractivity contribution in [1.82, 2.24) is 0 Å². The lowest BCUT2D eigenvalue weighted by Gasteiger charge is -2.40. The summed E-state index contributed by atoms with van der Waals surface area (Å²) in [5.41, 5.74) is 2.90. The first kappa shape index (κ1) is 22.2. The van der Waals surface area contributed by atoms with E-state index in [4.69, 9.17) is 23.2 Å². The number of anilines is 1. The molecule has 2 aromatic carbocycles. The number of hydrogen-bond donors (Lipinski definition) is 1. The van der Waals surface area contributed by atoms with Gasteiger partial charge in [-0.25, -0.2) is 0 Å². The molecule has 1 amide bonds. The third-order valence-corrected chi connectivity index (χ3v) is 7.15. The second-order valence-electron chi connectivity index (χ2n) is 7.97. The van der Waals surface area contributed by atoms with Crippen molar-refractivity contribution in [3.63, 3.8) is 0 Å². The molecule has 29 heavy (non-hydrogen) atoms. The maximum Gasteiger partial charge on any atom is 0.248 e. The summed E-state index contributed by atoms with van der Waals surface area (Å²) in [6.45, 7) is 1.00. The zero-order chi connectivity index (χ0) is 20.9. The second-order valence-corrected chi connectivity index (χ2v) is 10.0. The minimum Gasteiger partial charge on any atom is -0.323 e. The van der Waals surface area contributed by atoms with Crippen molar-refractivity contribution in [2.75, 3.05) is 30.9 Å². The molecule has 0 bridgehead atoms. The molecule has 1 fully saturated rings. The number of halogens is 2. The molecule has 1 aliphatic rings. The Kier molecular flexibility index (Phi) is 7.69. The molecule has 1 saturated heterocycles. The summed E-state index contributed by atoms with van der Waals surface area (Å²) in [5.74, 6) is 2.36. The van der Waals surface area contributed by atoms with Gasteiger partial charge in [0, 0.05) is 30.2 Å². The number of nitrogens with one attached hydrogen (secondary N) is 1. The van der Waals surface area contributed by atoms with Gasteiger partial charge in [-0.1, -0.05) is 41.4 Å². The molecule has 6 heteroatoms. The molecule has 0 saturated carbocycles. The van der Waals surface area contributed by atoms with Crippen LogP contribution in [0, 0.1) is 0 Å². The number of amides is 1. The number of carbonyl (C=O) groups is 1. The Hall–Kier alpha value is -1.46. The van der Waals surface area contributed by atoms with Crippen LogP contribution in [0.3, 0.4) is 0 Å². The molecule has 1 heterocycles. The number of hydrogen-bond acceptors (Lipinski definition) is 2. The largest absolute Gasteiger partial charge is 0.323 e. The highest BCUT2D eigenvalue weighted by Crippen LogP contribution is 2.27. The molecule has 154 valence electrons. The third kappa shape index (κ3) is 6.51. The molecule has 0 spiro atoms. The van der Waals surface area contributed by atoms with E-state index in [1.165, 1.54) is 36.0 Å². The van der Waals surface area contributed by atoms with Gasteiger partial charge in [0.2, 0.25) is 5.91 Å². The van der Waals surface area contributed by atoms with Crippen molar-refractivity contribution >= 4 is 52.6 Å². The lowest BCUT2D eigenvalue weighted by atomic mass is 10.1. The summed E-state index contributed by atoms with van der Waals surface area (Å²) in [6, 6.07) is 14.1. The van der Waals surface area contributed by atoms with E-state index >= 15 is 0 Å². The minimum atomic E-state index is -0.181. The average molecular weight is 450 g/mol. The normalized spacial score (nSPS) is 15.6. The number of quaternary nitrogens is 1. The monoisotopic (exact) mass is 449 g/mol. The Balaban J connectivity index is 1.56. The molecule has 1 aliphatic heterocycles. The second kappa shape index (κ2) is 10.0. The number of nitrogens with zero attached hydrogens (tertiary/aromatic N) is 1. The summed E-state index contributed by atoms with van der Waals surface area (Å²) in [5, 5.41) is 3.87. The van der Waals surface area contributed by atoms with Crippen LogP contribution in [0.2, 0.25) is 10.0 Å². The highest BCUT2D eigenvalue weighted by Gasteiger charge is 2.29. The molecule has 0 radical (unpaired) electrons. The quantitative estimate of drug-likeness (QED) is 0.425. The van der Waals surface area contributed by atoms with E-state index in [0.29, 0.717) is 10.0 Å². The predicted octanol–water partition coefficient (Wildman–Crippen LogP) is 6.12. The fourth-order valence-corrected chi connectivity index (χ4v) is 5.04. The molecule has 3 nitrogen and oxygen atoms in total. The van der Waals surface area contributed by atoms with Gasteiger partial charge in [0.05, 0.1) is 30.2 Å². The van der Waals surface area contributed by atoms with Gasteiger partial charge >= 0.3 is 0 Å². The van der Waals surface area contributed by atoms with Gasteiger partial charge in [0.25, 0.3) is 0 Å². The van der Waals surface area contributed by atoms with Crippen molar-refractivity contribution < 1.29 is 9.28 Å². The van der Waals surface area contributed by atoms with E-state index in [1.807, 2.05) is 18.2 Å². The van der Waals surface area contributed by atoms with Crippen LogP contribution in [0.25, 0.3) is 6.08 Å². The fourth-order valence-electron chi connectivity index (χ4n) is 3.65. The van der Waals surface area contributed by atoms with Crippen LogP contribution < -0.4 is 5.32 Å². The molecule has 0 unspecified atom stereocenters. The summed E-state index contributed by atoms with van der Waals surface area (Å²) in [6.07, 6.45) is 5.79. The maximum absolute atomic E-state index is 12.2. The molecule has 2 aromatic rings. The van der Waals surface area contributed by atoms with E-state index in [-0.39, 0.29) is 5.91 Å². The van der Waals surface area contributed by atoms with Gasteiger partial charge in [-0.3, -0.25) is 4.79 Å². The molecule has 0 aliphatic carbocycles. The van der Waals surface area contributed by atoms with Crippen molar-refractivity contribution in [1.29, 1.82) is 0 Å². The maximum atomic E-state index is 12.2. The van der Waals surface area contributed by atoms with E-state index in [0.717, 1.165) is 28.3 Å². The molecule has 1 N–H and O–H groups in total. The van der Waals surface area contributed by atoms with Crippen LogP contribution in [-0.4, -0.2) is 42.0 Å². The lowest BCUT2D eigenvalue weighted by Crippen LogP contribution is -2.49. The summed E-state index contributed by atoms with van der Waals surface area (Å²) >= 11 is 14.0. The van der Waals surface area contributed by atoms with E-state index in [2.05, 4.69) is 43.3 Å². The number of rotatable bonds is 6. The van der Waals surface area contributed by atoms with Gasteiger partial charge in [0.1, 0.15) is 6.54 Å². The first-order valence-corrected chi connectivity index (χ1v) is 11.7. The lowest BCUT2D eigenvalue weighted by molar-refractivity contribution is -0.928. The molecule has 0 atom stereocenters. The van der Waals surface area contributed by atoms with E-state index in [9.17, 15) is 4.79 Å². The molecular weight excluding hydrogens is 423 g/mol. The topological polar surface area (TPSA) is 29.1 Å². The Morgan fingerprint density at radius 1 is 1.10 bits per heavy atom. The van der Waals surface area contributed by atoms with Crippen molar-refractivity contribution in [2.24, 2.45) is 0 Å². The first-order valence-electron chi connectivity index (χ1n) is 9.77. The Morgan fingerprint density at radius 2 is 1.79 bits per heavy atom. The van der Waals surface area contributed by atoms with Crippen LogP contribution in [-0.2, 0) is 11.3 Å². The van der Waals surface area contributed by atoms with Crippen molar-refractivity contribution in [3.05, 3.63) is 69.7 Å². The van der Waals surface area contributed by atoms with Crippen molar-refractivity contribution in [3.8, 4) is 0 Å². The third-order valence-electron chi connectivity index (χ3n) is 5.36. The highest BCUT2D eigenvalue weighted by atomic mass is 35.5. The first-order chi connectivity index (χ1) is 13.8. The van der Waals surface area contributed by atoms with Crippen LogP contribution in [0.5, 0.6) is 0 Å². The van der Waals surface area contributed by atoms with E-state index in [1.54, 1.807) is 18.2 Å². The van der Waals surface area contributed by atoms with Gasteiger partial charge in [-0.05, 0) is 47.4 Å². The highest BCUT2D eigenvalue weighted by molar-refractivity contribution is 7.99. The summed E-state index contributed by atoms with van der Waals surface area (Å²) < 4.78 is 1.01. The SMILES string of the molecule is C[N+](C)(Cc1ccc(NC(=O)C=Cc2ccc(Cl)c(Cl)c2)cc1)C1CCSCC1.